The molecule has 0 amide bonds. The lowest BCUT2D eigenvalue weighted by atomic mass is 9.72. The zero-order valence-electron chi connectivity index (χ0n) is 20.7. The van der Waals surface area contributed by atoms with Gasteiger partial charge >= 0.3 is 12.3 Å². The molecule has 0 saturated carbocycles. The lowest BCUT2D eigenvalue weighted by molar-refractivity contribution is -0.274. The van der Waals surface area contributed by atoms with Crippen molar-refractivity contribution in [2.24, 2.45) is 5.41 Å². The van der Waals surface area contributed by atoms with Crippen molar-refractivity contribution in [2.45, 2.75) is 67.2 Å². The number of carbonyl (C=O) groups is 1. The molecule has 0 aliphatic heterocycles. The number of carbonyl (C=O) groups excluding carboxylic acids is 1. The number of aryl methyl sites for hydroxylation is 1. The smallest absolute Gasteiger partial charge is 0.423 e. The number of hydrogen-bond acceptors (Lipinski definition) is 3. The second-order valence-corrected chi connectivity index (χ2v) is 9.32. The van der Waals surface area contributed by atoms with Gasteiger partial charge in [0.15, 0.2) is 0 Å². The summed E-state index contributed by atoms with van der Waals surface area (Å²) in [4.78, 5) is 12.2. The summed E-state index contributed by atoms with van der Waals surface area (Å²) < 4.78 is 46.1. The summed E-state index contributed by atoms with van der Waals surface area (Å²) in [5.74, 6) is -0.810. The minimum Gasteiger partial charge on any atom is -0.423 e. The maximum absolute atomic E-state index is 12.3. The van der Waals surface area contributed by atoms with Crippen molar-refractivity contribution in [3.05, 3.63) is 82.5 Å². The van der Waals surface area contributed by atoms with E-state index >= 15 is 0 Å². The van der Waals surface area contributed by atoms with Gasteiger partial charge in [0.2, 0.25) is 0 Å². The Labute approximate surface area is 200 Å². The number of allylic oxidation sites excluding steroid dienone is 9. The van der Waals surface area contributed by atoms with E-state index < -0.39 is 12.3 Å². The summed E-state index contributed by atoms with van der Waals surface area (Å²) in [5, 5.41) is 0. The molecule has 0 heterocycles. The van der Waals surface area contributed by atoms with Crippen LogP contribution in [0.1, 0.15) is 59.4 Å². The van der Waals surface area contributed by atoms with Crippen LogP contribution in [-0.4, -0.2) is 12.3 Å². The SMILES string of the molecule is CC1=C(/C=C/C(C)=C/C=C/C(C)=C/C(=O)Oc2ccc(OC(F)(F)F)cc2C)C(C)(C)CCC1. The number of rotatable bonds is 7. The zero-order valence-corrected chi connectivity index (χ0v) is 20.7. The van der Waals surface area contributed by atoms with Gasteiger partial charge in [0.25, 0.3) is 0 Å². The molecule has 1 aliphatic carbocycles. The highest BCUT2D eigenvalue weighted by Gasteiger charge is 2.31. The Kier molecular flexibility index (Phi) is 9.14. The number of ether oxygens (including phenoxy) is 2. The van der Waals surface area contributed by atoms with E-state index in [-0.39, 0.29) is 16.9 Å². The van der Waals surface area contributed by atoms with E-state index in [9.17, 15) is 18.0 Å². The van der Waals surface area contributed by atoms with Crippen LogP contribution in [0.4, 0.5) is 13.2 Å². The van der Waals surface area contributed by atoms with E-state index in [0.29, 0.717) is 11.1 Å². The molecule has 0 saturated heterocycles. The highest BCUT2D eigenvalue weighted by atomic mass is 19.4. The van der Waals surface area contributed by atoms with Crippen LogP contribution < -0.4 is 9.47 Å². The molecule has 0 aromatic heterocycles. The van der Waals surface area contributed by atoms with E-state index in [4.69, 9.17) is 4.74 Å². The van der Waals surface area contributed by atoms with Crippen LogP contribution in [0.2, 0.25) is 0 Å². The van der Waals surface area contributed by atoms with Crippen molar-refractivity contribution in [1.29, 1.82) is 0 Å². The van der Waals surface area contributed by atoms with Crippen LogP contribution in [0.15, 0.2) is 76.9 Å². The van der Waals surface area contributed by atoms with Crippen molar-refractivity contribution in [3.63, 3.8) is 0 Å². The predicted molar refractivity (Wildman–Crippen MR) is 130 cm³/mol. The summed E-state index contributed by atoms with van der Waals surface area (Å²) in [6.45, 7) is 12.1. The maximum atomic E-state index is 12.3. The fraction of sp³-hybridized carbons (Fsp3) is 0.393. The summed E-state index contributed by atoms with van der Waals surface area (Å²) in [6.07, 6.45) is 10.1. The van der Waals surface area contributed by atoms with E-state index in [0.717, 1.165) is 18.1 Å². The minimum absolute atomic E-state index is 0.170. The maximum Gasteiger partial charge on any atom is 0.573 e. The molecule has 3 nitrogen and oxygen atoms in total. The van der Waals surface area contributed by atoms with Crippen molar-refractivity contribution in [2.75, 3.05) is 0 Å². The zero-order chi connectivity index (χ0) is 25.5. The third-order valence-corrected chi connectivity index (χ3v) is 5.71. The fourth-order valence-electron chi connectivity index (χ4n) is 3.94. The Morgan fingerprint density at radius 3 is 2.41 bits per heavy atom. The Hall–Kier alpha value is -3.02. The Bertz CT molecular complexity index is 1050. The van der Waals surface area contributed by atoms with Gasteiger partial charge < -0.3 is 9.47 Å². The van der Waals surface area contributed by atoms with Gasteiger partial charge in [0.1, 0.15) is 11.5 Å². The highest BCUT2D eigenvalue weighted by Crippen LogP contribution is 2.40. The molecule has 0 unspecified atom stereocenters. The average Bonchev–Trinajstić information content (AvgIpc) is 2.68. The van der Waals surface area contributed by atoms with Crippen LogP contribution in [0, 0.1) is 12.3 Å². The van der Waals surface area contributed by atoms with E-state index in [1.54, 1.807) is 13.0 Å². The summed E-state index contributed by atoms with van der Waals surface area (Å²) in [6, 6.07) is 3.54. The van der Waals surface area contributed by atoms with E-state index in [1.165, 1.54) is 49.1 Å². The van der Waals surface area contributed by atoms with E-state index in [2.05, 4.69) is 37.7 Å². The number of esters is 1. The van der Waals surface area contributed by atoms with Crippen LogP contribution in [0.3, 0.4) is 0 Å². The van der Waals surface area contributed by atoms with Gasteiger partial charge in [-0.3, -0.25) is 0 Å². The first kappa shape index (κ1) is 27.2. The summed E-state index contributed by atoms with van der Waals surface area (Å²) in [7, 11) is 0. The molecule has 1 aliphatic rings. The number of benzene rings is 1. The highest BCUT2D eigenvalue weighted by molar-refractivity contribution is 5.85. The lowest BCUT2D eigenvalue weighted by Gasteiger charge is -2.32. The molecule has 1 aromatic rings. The van der Waals surface area contributed by atoms with Crippen molar-refractivity contribution in [1.82, 2.24) is 0 Å². The van der Waals surface area contributed by atoms with Crippen molar-refractivity contribution >= 4 is 5.97 Å². The standard InChI is InChI=1S/C28H33F3O3/c1-19(12-14-24-21(3)11-8-16-27(24,5)6)9-7-10-20(2)17-26(32)33-25-15-13-23(18-22(25)4)34-28(29,30)31/h7,9-10,12-15,17-18H,8,11,16H2,1-6H3/b10-7+,14-12+,19-9+,20-17+. The second-order valence-electron chi connectivity index (χ2n) is 9.32. The third kappa shape index (κ3) is 8.73. The molecule has 0 N–H and O–H groups in total. The Morgan fingerprint density at radius 1 is 1.09 bits per heavy atom. The molecule has 34 heavy (non-hydrogen) atoms. The van der Waals surface area contributed by atoms with Gasteiger partial charge in [0, 0.05) is 6.08 Å². The van der Waals surface area contributed by atoms with Crippen LogP contribution in [0.5, 0.6) is 11.5 Å². The Balaban J connectivity index is 1.98. The molecule has 6 heteroatoms. The third-order valence-electron chi connectivity index (χ3n) is 5.71. The van der Waals surface area contributed by atoms with Gasteiger partial charge in [-0.05, 0) is 87.3 Å². The monoisotopic (exact) mass is 474 g/mol. The Morgan fingerprint density at radius 2 is 1.79 bits per heavy atom. The quantitative estimate of drug-likeness (QED) is 0.172. The molecule has 0 atom stereocenters. The normalized spacial score (nSPS) is 17.6. The van der Waals surface area contributed by atoms with Gasteiger partial charge in [0.05, 0.1) is 0 Å². The number of halogens is 3. The molecular weight excluding hydrogens is 441 g/mol. The number of alkyl halides is 3. The fourth-order valence-corrected chi connectivity index (χ4v) is 3.94. The molecule has 1 aromatic carbocycles. The molecule has 0 spiro atoms. The van der Waals surface area contributed by atoms with Crippen LogP contribution >= 0.6 is 0 Å². The van der Waals surface area contributed by atoms with Crippen LogP contribution in [0.25, 0.3) is 0 Å². The summed E-state index contributed by atoms with van der Waals surface area (Å²) >= 11 is 0. The minimum atomic E-state index is -4.78. The first-order valence-corrected chi connectivity index (χ1v) is 11.3. The average molecular weight is 475 g/mol. The van der Waals surface area contributed by atoms with Crippen LogP contribution in [-0.2, 0) is 4.79 Å². The largest absolute Gasteiger partial charge is 0.573 e. The van der Waals surface area contributed by atoms with Gasteiger partial charge in [-0.15, -0.1) is 13.2 Å². The molecule has 0 radical (unpaired) electrons. The number of hydrogen-bond donors (Lipinski definition) is 0. The molecule has 184 valence electrons. The van der Waals surface area contributed by atoms with Gasteiger partial charge in [-0.25, -0.2) is 4.79 Å². The lowest BCUT2D eigenvalue weighted by Crippen LogP contribution is -2.19. The van der Waals surface area contributed by atoms with Crippen molar-refractivity contribution in [3.8, 4) is 11.5 Å². The second kappa shape index (κ2) is 11.4. The molecule has 2 rings (SSSR count). The van der Waals surface area contributed by atoms with Gasteiger partial charge in [-0.2, -0.15) is 0 Å². The molecule has 0 bridgehead atoms. The first-order chi connectivity index (χ1) is 15.8. The summed E-state index contributed by atoms with van der Waals surface area (Å²) in [5.41, 5.74) is 5.17. The predicted octanol–water partition coefficient (Wildman–Crippen LogP) is 8.33. The van der Waals surface area contributed by atoms with Gasteiger partial charge in [-0.1, -0.05) is 55.4 Å². The first-order valence-electron chi connectivity index (χ1n) is 11.3. The topological polar surface area (TPSA) is 35.5 Å². The molecular formula is C28H33F3O3. The molecule has 0 fully saturated rings. The van der Waals surface area contributed by atoms with Crippen molar-refractivity contribution < 1.29 is 27.4 Å². The van der Waals surface area contributed by atoms with E-state index in [1.807, 2.05) is 19.1 Å².